The molecule has 0 saturated carbocycles. The lowest BCUT2D eigenvalue weighted by Gasteiger charge is -2.37. The van der Waals surface area contributed by atoms with Crippen LogP contribution in [0.15, 0.2) is 42.5 Å². The molecule has 3 nitrogen and oxygen atoms in total. The number of aryl methyl sites for hydroxylation is 1. The van der Waals surface area contributed by atoms with Crippen LogP contribution in [0.1, 0.15) is 22.3 Å². The van der Waals surface area contributed by atoms with Gasteiger partial charge >= 0.3 is 0 Å². The molecule has 1 saturated heterocycles. The van der Waals surface area contributed by atoms with Gasteiger partial charge in [0.1, 0.15) is 0 Å². The fraction of sp³-hybridized carbons (Fsp3) is 0.381. The largest absolute Gasteiger partial charge is 0.369 e. The van der Waals surface area contributed by atoms with Crippen LogP contribution in [0.4, 0.5) is 5.69 Å². The minimum atomic E-state index is 0.495. The van der Waals surface area contributed by atoms with Gasteiger partial charge in [0.05, 0.1) is 12.5 Å². The lowest BCUT2D eigenvalue weighted by Crippen LogP contribution is -2.46. The summed E-state index contributed by atoms with van der Waals surface area (Å²) in [7, 11) is 0. The third-order valence-corrected chi connectivity index (χ3v) is 5.00. The van der Waals surface area contributed by atoms with Crippen molar-refractivity contribution in [2.75, 3.05) is 31.1 Å². The van der Waals surface area contributed by atoms with Crippen LogP contribution in [-0.4, -0.2) is 31.1 Å². The smallest absolute Gasteiger partial charge is 0.0669 e. The van der Waals surface area contributed by atoms with E-state index in [-0.39, 0.29) is 0 Å². The van der Waals surface area contributed by atoms with E-state index in [0.717, 1.165) is 38.3 Å². The minimum absolute atomic E-state index is 0.495. The number of benzene rings is 2. The molecule has 0 unspecified atom stereocenters. The van der Waals surface area contributed by atoms with Crippen LogP contribution in [0.2, 0.25) is 0 Å². The second-order valence-corrected chi connectivity index (χ2v) is 6.63. The Morgan fingerprint density at radius 3 is 2.25 bits per heavy atom. The van der Waals surface area contributed by atoms with Crippen molar-refractivity contribution >= 4 is 5.69 Å². The molecule has 0 N–H and O–H groups in total. The molecular weight excluding hydrogens is 294 g/mol. The number of rotatable bonds is 4. The van der Waals surface area contributed by atoms with Crippen LogP contribution in [0.25, 0.3) is 0 Å². The van der Waals surface area contributed by atoms with E-state index >= 15 is 0 Å². The van der Waals surface area contributed by atoms with Gasteiger partial charge in [-0.05, 0) is 42.2 Å². The van der Waals surface area contributed by atoms with E-state index in [9.17, 15) is 0 Å². The summed E-state index contributed by atoms with van der Waals surface area (Å²) >= 11 is 0. The van der Waals surface area contributed by atoms with Crippen molar-refractivity contribution in [3.8, 4) is 6.07 Å². The Morgan fingerprint density at radius 2 is 1.58 bits per heavy atom. The lowest BCUT2D eigenvalue weighted by atomic mass is 10.1. The summed E-state index contributed by atoms with van der Waals surface area (Å²) in [5.41, 5.74) is 6.58. The first-order chi connectivity index (χ1) is 11.7. The summed E-state index contributed by atoms with van der Waals surface area (Å²) in [6.07, 6.45) is 0.495. The predicted octanol–water partition coefficient (Wildman–Crippen LogP) is 3.69. The molecule has 1 fully saturated rings. The molecule has 3 heteroatoms. The van der Waals surface area contributed by atoms with Crippen LogP contribution in [0.5, 0.6) is 0 Å². The van der Waals surface area contributed by atoms with Gasteiger partial charge in [-0.25, -0.2) is 0 Å². The van der Waals surface area contributed by atoms with Gasteiger partial charge in [-0.15, -0.1) is 0 Å². The second-order valence-electron chi connectivity index (χ2n) is 6.63. The van der Waals surface area contributed by atoms with Crippen molar-refractivity contribution in [3.63, 3.8) is 0 Å². The molecule has 0 atom stereocenters. The highest BCUT2D eigenvalue weighted by Crippen LogP contribution is 2.24. The first kappa shape index (κ1) is 16.5. The molecule has 0 amide bonds. The highest BCUT2D eigenvalue weighted by molar-refractivity contribution is 5.56. The minimum Gasteiger partial charge on any atom is -0.369 e. The van der Waals surface area contributed by atoms with E-state index in [1.54, 1.807) is 0 Å². The van der Waals surface area contributed by atoms with Crippen molar-refractivity contribution in [3.05, 3.63) is 64.7 Å². The molecule has 1 aliphatic rings. The monoisotopic (exact) mass is 319 g/mol. The molecule has 2 aromatic carbocycles. The molecule has 0 radical (unpaired) electrons. The number of anilines is 1. The summed E-state index contributed by atoms with van der Waals surface area (Å²) in [4.78, 5) is 5.02. The Bertz CT molecular complexity index is 720. The van der Waals surface area contributed by atoms with Crippen LogP contribution < -0.4 is 4.90 Å². The summed E-state index contributed by atoms with van der Waals surface area (Å²) in [5.74, 6) is 0. The number of hydrogen-bond acceptors (Lipinski definition) is 3. The summed E-state index contributed by atoms with van der Waals surface area (Å²) in [6, 6.07) is 17.2. The maximum Gasteiger partial charge on any atom is 0.0669 e. The first-order valence-electron chi connectivity index (χ1n) is 8.65. The Hall–Kier alpha value is -2.31. The predicted molar refractivity (Wildman–Crippen MR) is 99.2 cm³/mol. The zero-order valence-corrected chi connectivity index (χ0v) is 14.6. The van der Waals surface area contributed by atoms with Gasteiger partial charge in [-0.1, -0.05) is 36.4 Å². The summed E-state index contributed by atoms with van der Waals surface area (Å²) in [5, 5.41) is 8.74. The number of nitrogens with zero attached hydrogens (tertiary/aromatic N) is 3. The standard InChI is InChI=1S/C21H25N3/c1-17-4-3-5-21(18(17)2)24-14-12-23(13-15-24)16-20-8-6-19(7-9-20)10-11-22/h3-9H,10,12-16H2,1-2H3. The lowest BCUT2D eigenvalue weighted by molar-refractivity contribution is 0.250. The van der Waals surface area contributed by atoms with E-state index in [4.69, 9.17) is 5.26 Å². The van der Waals surface area contributed by atoms with E-state index < -0.39 is 0 Å². The molecule has 0 aliphatic carbocycles. The maximum absolute atomic E-state index is 8.74. The SMILES string of the molecule is Cc1cccc(N2CCN(Cc3ccc(CC#N)cc3)CC2)c1C. The average molecular weight is 319 g/mol. The summed E-state index contributed by atoms with van der Waals surface area (Å²) in [6.45, 7) is 9.74. The van der Waals surface area contributed by atoms with E-state index in [2.05, 4.69) is 72.2 Å². The average Bonchev–Trinajstić information content (AvgIpc) is 2.60. The fourth-order valence-electron chi connectivity index (χ4n) is 3.34. The molecule has 0 aromatic heterocycles. The van der Waals surface area contributed by atoms with Gasteiger partial charge in [0.2, 0.25) is 0 Å². The number of piperazine rings is 1. The van der Waals surface area contributed by atoms with Crippen LogP contribution in [0, 0.1) is 25.2 Å². The van der Waals surface area contributed by atoms with Crippen molar-refractivity contribution in [1.82, 2.24) is 4.90 Å². The van der Waals surface area contributed by atoms with Crippen LogP contribution in [0.3, 0.4) is 0 Å². The summed E-state index contributed by atoms with van der Waals surface area (Å²) < 4.78 is 0. The molecule has 3 rings (SSSR count). The molecule has 0 spiro atoms. The quantitative estimate of drug-likeness (QED) is 0.861. The van der Waals surface area contributed by atoms with Crippen molar-refractivity contribution in [1.29, 1.82) is 5.26 Å². The van der Waals surface area contributed by atoms with Gasteiger partial charge in [0.15, 0.2) is 0 Å². The maximum atomic E-state index is 8.74. The topological polar surface area (TPSA) is 30.3 Å². The first-order valence-corrected chi connectivity index (χ1v) is 8.65. The Balaban J connectivity index is 1.57. The van der Waals surface area contributed by atoms with Crippen molar-refractivity contribution < 1.29 is 0 Å². The third kappa shape index (κ3) is 3.77. The van der Waals surface area contributed by atoms with Gasteiger partial charge in [0.25, 0.3) is 0 Å². The normalized spacial score (nSPS) is 15.3. The Morgan fingerprint density at radius 1 is 0.917 bits per heavy atom. The van der Waals surface area contributed by atoms with E-state index in [1.807, 2.05) is 0 Å². The second kappa shape index (κ2) is 7.51. The van der Waals surface area contributed by atoms with E-state index in [0.29, 0.717) is 6.42 Å². The number of hydrogen-bond donors (Lipinski definition) is 0. The molecule has 0 bridgehead atoms. The molecule has 1 heterocycles. The van der Waals surface area contributed by atoms with Gasteiger partial charge in [-0.2, -0.15) is 5.26 Å². The molecule has 24 heavy (non-hydrogen) atoms. The highest BCUT2D eigenvalue weighted by atomic mass is 15.3. The van der Waals surface area contributed by atoms with E-state index in [1.165, 1.54) is 22.4 Å². The molecular formula is C21H25N3. The van der Waals surface area contributed by atoms with Gasteiger partial charge in [0, 0.05) is 38.4 Å². The number of nitriles is 1. The zero-order valence-electron chi connectivity index (χ0n) is 14.6. The van der Waals surface area contributed by atoms with Crippen LogP contribution >= 0.6 is 0 Å². The molecule has 2 aromatic rings. The van der Waals surface area contributed by atoms with Crippen LogP contribution in [-0.2, 0) is 13.0 Å². The van der Waals surface area contributed by atoms with Crippen molar-refractivity contribution in [2.24, 2.45) is 0 Å². The zero-order chi connectivity index (χ0) is 16.9. The van der Waals surface area contributed by atoms with Crippen molar-refractivity contribution in [2.45, 2.75) is 26.8 Å². The Labute approximate surface area is 145 Å². The fourth-order valence-corrected chi connectivity index (χ4v) is 3.34. The van der Waals surface area contributed by atoms with Gasteiger partial charge < -0.3 is 4.90 Å². The molecule has 124 valence electrons. The highest BCUT2D eigenvalue weighted by Gasteiger charge is 2.18. The Kier molecular flexibility index (Phi) is 5.17. The van der Waals surface area contributed by atoms with Gasteiger partial charge in [-0.3, -0.25) is 4.90 Å². The third-order valence-electron chi connectivity index (χ3n) is 5.00. The molecule has 1 aliphatic heterocycles.